The van der Waals surface area contributed by atoms with Gasteiger partial charge in [0.05, 0.1) is 63.2 Å². The fourth-order valence-corrected chi connectivity index (χ4v) is 12.7. The van der Waals surface area contributed by atoms with Crippen molar-refractivity contribution in [3.63, 3.8) is 0 Å². The number of aromatic nitrogens is 8. The Balaban J connectivity index is 0.000000235. The average Bonchev–Trinajstić information content (AvgIpc) is 1.62. The van der Waals surface area contributed by atoms with Crippen molar-refractivity contribution in [1.29, 1.82) is 0 Å². The molecule has 6 aromatic rings. The predicted molar refractivity (Wildman–Crippen MR) is 318 cm³/mol. The summed E-state index contributed by atoms with van der Waals surface area (Å²) in [4.78, 5) is 48.7. The molecule has 492 valence electrons. The highest BCUT2D eigenvalue weighted by molar-refractivity contribution is 7.85. The molecule has 0 radical (unpaired) electrons. The number of para-hydroxylation sites is 2. The lowest BCUT2D eigenvalue weighted by Crippen LogP contribution is -2.46. The molecule has 6 heterocycles. The molecule has 2 saturated heterocycles. The van der Waals surface area contributed by atoms with E-state index in [-0.39, 0.29) is 81.9 Å². The average molecular weight is 1320 g/mol. The van der Waals surface area contributed by atoms with Gasteiger partial charge in [-0.25, -0.2) is 32.1 Å². The van der Waals surface area contributed by atoms with Gasteiger partial charge in [-0.05, 0) is 74.0 Å². The number of nitrogen functional groups attached to an aromatic ring is 2. The molecule has 89 heavy (non-hydrogen) atoms. The van der Waals surface area contributed by atoms with Crippen LogP contribution in [-0.4, -0.2) is 154 Å². The van der Waals surface area contributed by atoms with Gasteiger partial charge < -0.3 is 64.3 Å². The van der Waals surface area contributed by atoms with E-state index in [0.29, 0.717) is 19.0 Å². The molecule has 2 aliphatic rings. The fourth-order valence-electron chi connectivity index (χ4n) is 8.68. The molecule has 26 nitrogen and oxygen atoms in total. The van der Waals surface area contributed by atoms with E-state index in [1.54, 1.807) is 63.2 Å². The van der Waals surface area contributed by atoms with Crippen LogP contribution in [0.5, 0.6) is 23.3 Å². The van der Waals surface area contributed by atoms with Crippen molar-refractivity contribution in [1.82, 2.24) is 39.0 Å². The van der Waals surface area contributed by atoms with E-state index >= 15 is 8.78 Å². The van der Waals surface area contributed by atoms with Gasteiger partial charge in [0, 0.05) is 0 Å². The number of esters is 2. The number of imidazole rings is 2. The summed E-state index contributed by atoms with van der Waals surface area (Å²) in [5.41, 5.74) is 6.60. The number of halogens is 5. The number of carbonyl (C=O) groups is 2. The molecule has 0 bridgehead atoms. The van der Waals surface area contributed by atoms with Crippen LogP contribution in [0.3, 0.4) is 0 Å². The normalized spacial score (nSPS) is 25.5. The number of anilines is 2. The van der Waals surface area contributed by atoms with E-state index < -0.39 is 105 Å². The maximum atomic E-state index is 16.3. The van der Waals surface area contributed by atoms with Crippen molar-refractivity contribution < 1.29 is 93.6 Å². The third-order valence-corrected chi connectivity index (χ3v) is 17.1. The molecular weight excluding hydrogens is 1240 g/mol. The van der Waals surface area contributed by atoms with Crippen molar-refractivity contribution in [2.45, 2.75) is 131 Å². The Labute approximate surface area is 516 Å². The Morgan fingerprint density at radius 2 is 1.08 bits per heavy atom. The van der Waals surface area contributed by atoms with Crippen LogP contribution < -0.4 is 30.0 Å². The number of aliphatic hydroxyl groups is 3. The van der Waals surface area contributed by atoms with Gasteiger partial charge in [0.2, 0.25) is 23.7 Å². The molecule has 2 aromatic carbocycles. The molecule has 0 aliphatic carbocycles. The van der Waals surface area contributed by atoms with Crippen LogP contribution in [-0.2, 0) is 42.2 Å². The number of hydrogen-bond acceptors (Lipinski definition) is 24. The Kier molecular flexibility index (Phi) is 22.8. The van der Waals surface area contributed by atoms with Gasteiger partial charge in [0.15, 0.2) is 47.1 Å². The predicted octanol–water partition coefficient (Wildman–Crippen LogP) is 9.41. The summed E-state index contributed by atoms with van der Waals surface area (Å²) in [6.07, 6.45) is -6.69. The van der Waals surface area contributed by atoms with Crippen LogP contribution in [0.1, 0.15) is 95.5 Å². The minimum atomic E-state index is -4.36. The topological polar surface area (TPSA) is 351 Å². The molecule has 2 unspecified atom stereocenters. The molecule has 8 rings (SSSR count). The van der Waals surface area contributed by atoms with Crippen molar-refractivity contribution in [2.24, 2.45) is 22.7 Å². The molecule has 33 heteroatoms. The molecule has 7 N–H and O–H groups in total. The molecular formula is C56H77ClF4N10O16P2. The first kappa shape index (κ1) is 71.6. The number of alkyl halides is 4. The minimum absolute atomic E-state index is 0.00994. The zero-order valence-electron chi connectivity index (χ0n) is 51.2. The maximum absolute atomic E-state index is 16.3. The molecule has 0 saturated carbocycles. The second kappa shape index (κ2) is 28.4. The van der Waals surface area contributed by atoms with Crippen molar-refractivity contribution in [3.8, 4) is 23.3 Å². The van der Waals surface area contributed by atoms with Gasteiger partial charge in [0.25, 0.3) is 11.7 Å². The molecule has 12 atom stereocenters. The lowest BCUT2D eigenvalue weighted by molar-refractivity contribution is -0.196. The van der Waals surface area contributed by atoms with Crippen LogP contribution in [0, 0.1) is 22.7 Å². The third kappa shape index (κ3) is 17.9. The summed E-state index contributed by atoms with van der Waals surface area (Å²) >= 11 is 5.93. The number of benzene rings is 2. The number of aliphatic hydroxyl groups excluding tert-OH is 1. The Morgan fingerprint density at radius 1 is 0.685 bits per heavy atom. The number of carbonyl (C=O) groups excluding carboxylic acids is 2. The van der Waals surface area contributed by atoms with E-state index in [1.807, 2.05) is 47.6 Å². The van der Waals surface area contributed by atoms with Gasteiger partial charge in [-0.15, -0.1) is 0 Å². The zero-order valence-corrected chi connectivity index (χ0v) is 53.8. The number of nitrogens with two attached hydrogens (primary N) is 2. The quantitative estimate of drug-likeness (QED) is 0.0240. The van der Waals surface area contributed by atoms with Crippen molar-refractivity contribution >= 4 is 71.7 Å². The summed E-state index contributed by atoms with van der Waals surface area (Å²) < 4.78 is 137. The molecule has 2 fully saturated rings. The Bertz CT molecular complexity index is 3480. The summed E-state index contributed by atoms with van der Waals surface area (Å²) in [6.45, 7) is 15.2. The van der Waals surface area contributed by atoms with E-state index in [9.17, 15) is 37.7 Å². The second-order valence-electron chi connectivity index (χ2n) is 23.9. The summed E-state index contributed by atoms with van der Waals surface area (Å²) in [7, 11) is -4.36. The monoisotopic (exact) mass is 1320 g/mol. The standard InChI is InChI=1S/C28H38F2N5O8P.C15H22ClO4P.C13H17F2N5O4/c1-7-39-21-19-20(33-25(31)34-21)35(16-32-19)24-27(6,37)23(29)28(30,42-24)15-41-44(38,43-18-11-9-8-10-12-18)13-17(2)22(36)40-14-26(3,4)5;1-12(14(17)19-11-15(2,3)4)10-21(16,18)20-13-8-6-5-7-9-13;1-3-23-8-6-7(18-11(16)19-8)20(5-17-6)10-12(2,22)9(14)13(15,4-21)24-10/h8-12,16-17,23-24,37H,7,13-15H2,1-6H3,(H2,31,33,34);5-9,12H,10-11H2,1-4H3;5,9-10,21-22H,3-4H2,1-2H3,(H2,16,18,19)/t17-,23+,24-,27-,28-,44?;12-,21?;9-,10+,12+,13+/m110/s1. The first-order valence-corrected chi connectivity index (χ1v) is 32.4. The lowest BCUT2D eigenvalue weighted by atomic mass is 9.97. The highest BCUT2D eigenvalue weighted by Gasteiger charge is 2.66. The third-order valence-electron chi connectivity index (χ3n) is 13.0. The van der Waals surface area contributed by atoms with Gasteiger partial charge in [-0.1, -0.05) is 91.8 Å². The van der Waals surface area contributed by atoms with E-state index in [1.165, 1.54) is 25.4 Å². The van der Waals surface area contributed by atoms with Crippen molar-refractivity contribution in [2.75, 3.05) is 63.4 Å². The number of rotatable bonds is 22. The van der Waals surface area contributed by atoms with Crippen LogP contribution in [0.25, 0.3) is 22.3 Å². The number of fused-ring (bicyclic) bond motifs is 2. The molecule has 0 spiro atoms. The van der Waals surface area contributed by atoms with Gasteiger partial charge in [-0.3, -0.25) is 27.8 Å². The molecule has 0 amide bonds. The lowest BCUT2D eigenvalue weighted by Gasteiger charge is -2.27. The SMILES string of the molecule is CCOc1nc(N)nc2c1ncn2[C@@H]1O[C@](F)(CO)[C@@H](F)[C@@]1(C)O.CCOc1nc(N)nc2c1ncn2[C@@H]1O[C@](F)(COP(=O)(C[C@@H](C)C(=O)OCC(C)(C)C)Oc2ccccc2)[C@@H](F)[C@@]1(C)O.C[C@H](CP(=O)(Cl)Oc1ccccc1)C(=O)OCC(C)(C)C. The van der Waals surface area contributed by atoms with Crippen molar-refractivity contribution in [3.05, 3.63) is 73.3 Å². The Hall–Kier alpha value is -6.49. The highest BCUT2D eigenvalue weighted by atomic mass is 35.7. The summed E-state index contributed by atoms with van der Waals surface area (Å²) in [5, 5.41) is 30.6. The van der Waals surface area contributed by atoms with E-state index in [4.69, 9.17) is 69.8 Å². The van der Waals surface area contributed by atoms with Gasteiger partial charge in [-0.2, -0.15) is 19.9 Å². The highest BCUT2D eigenvalue weighted by Crippen LogP contribution is 2.56. The molecule has 2 aliphatic heterocycles. The first-order chi connectivity index (χ1) is 41.3. The van der Waals surface area contributed by atoms with E-state index in [2.05, 4.69) is 29.9 Å². The van der Waals surface area contributed by atoms with Crippen LogP contribution in [0.4, 0.5) is 29.5 Å². The van der Waals surface area contributed by atoms with Crippen LogP contribution in [0.15, 0.2) is 73.3 Å². The summed E-state index contributed by atoms with van der Waals surface area (Å²) in [5.74, 6) is -8.71. The van der Waals surface area contributed by atoms with Gasteiger partial charge >= 0.3 is 26.3 Å². The largest absolute Gasteiger partial charge is 0.476 e. The smallest absolute Gasteiger partial charge is 0.380 e. The number of ether oxygens (including phenoxy) is 6. The first-order valence-electron chi connectivity index (χ1n) is 28.0. The second-order valence-corrected chi connectivity index (χ2v) is 29.2. The number of hydrogen-bond donors (Lipinski definition) is 5. The van der Waals surface area contributed by atoms with Gasteiger partial charge in [0.1, 0.15) is 35.9 Å². The molecule has 4 aromatic heterocycles. The summed E-state index contributed by atoms with van der Waals surface area (Å²) in [6, 6.07) is 16.6. The number of nitrogens with zero attached hydrogens (tertiary/aromatic N) is 8. The minimum Gasteiger partial charge on any atom is -0.476 e. The van der Waals surface area contributed by atoms with Crippen LogP contribution in [0.2, 0.25) is 0 Å². The maximum Gasteiger partial charge on any atom is 0.380 e. The van der Waals surface area contributed by atoms with E-state index in [0.717, 1.165) is 29.3 Å². The zero-order chi connectivity index (χ0) is 66.3. The Morgan fingerprint density at radius 3 is 1.47 bits per heavy atom. The fraction of sp³-hybridized carbons (Fsp3) is 0.571. The van der Waals surface area contributed by atoms with Crippen LogP contribution >= 0.6 is 25.6 Å².